The van der Waals surface area contributed by atoms with E-state index in [-0.39, 0.29) is 29.0 Å². The minimum Gasteiger partial charge on any atom is -0.372 e. The lowest BCUT2D eigenvalue weighted by Crippen LogP contribution is -2.47. The monoisotopic (exact) mass is 593 g/mol. The lowest BCUT2D eigenvalue weighted by Gasteiger charge is -2.44. The summed E-state index contributed by atoms with van der Waals surface area (Å²) in [5.41, 5.74) is 4.25. The van der Waals surface area contributed by atoms with E-state index in [9.17, 15) is 18.8 Å². The molecule has 2 aliphatic heterocycles. The van der Waals surface area contributed by atoms with Crippen molar-refractivity contribution >= 4 is 34.6 Å². The Morgan fingerprint density at radius 3 is 2.27 bits per heavy atom. The molecule has 2 unspecified atom stereocenters. The van der Waals surface area contributed by atoms with E-state index in [1.165, 1.54) is 12.1 Å². The molecule has 0 saturated carbocycles. The number of anilines is 4. The van der Waals surface area contributed by atoms with Crippen molar-refractivity contribution in [3.63, 3.8) is 0 Å². The van der Waals surface area contributed by atoms with Crippen molar-refractivity contribution in [1.29, 1.82) is 0 Å². The predicted octanol–water partition coefficient (Wildman–Crippen LogP) is 5.96. The molecular weight excluding hydrogens is 557 g/mol. The van der Waals surface area contributed by atoms with Gasteiger partial charge in [0.1, 0.15) is 5.82 Å². The molecule has 4 aromatic rings. The van der Waals surface area contributed by atoms with Crippen molar-refractivity contribution in [2.45, 2.75) is 32.7 Å². The fourth-order valence-electron chi connectivity index (χ4n) is 6.51. The smallest absolute Gasteiger partial charge is 0.255 e. The highest BCUT2D eigenvalue weighted by Crippen LogP contribution is 2.39. The van der Waals surface area contributed by atoms with Crippen LogP contribution in [0.3, 0.4) is 0 Å². The third-order valence-corrected chi connectivity index (χ3v) is 8.71. The van der Waals surface area contributed by atoms with Crippen molar-refractivity contribution in [2.24, 2.45) is 5.92 Å². The maximum atomic E-state index is 14.3. The third-order valence-electron chi connectivity index (χ3n) is 8.71. The Balaban J connectivity index is 1.31. The average molecular weight is 594 g/mol. The van der Waals surface area contributed by atoms with Gasteiger partial charge >= 0.3 is 0 Å². The molecule has 1 fully saturated rings. The van der Waals surface area contributed by atoms with Gasteiger partial charge < -0.3 is 25.0 Å². The Bertz CT molecular complexity index is 1750. The lowest BCUT2D eigenvalue weighted by atomic mass is 9.83. The van der Waals surface area contributed by atoms with Gasteiger partial charge in [-0.25, -0.2) is 4.39 Å². The molecule has 9 heteroatoms. The molecular formula is C35H36FN5O3. The molecule has 1 aromatic heterocycles. The first kappa shape index (κ1) is 29.2. The van der Waals surface area contributed by atoms with Crippen LogP contribution < -0.4 is 26.0 Å². The van der Waals surface area contributed by atoms with Crippen molar-refractivity contribution in [3.05, 3.63) is 118 Å². The van der Waals surface area contributed by atoms with E-state index in [4.69, 9.17) is 0 Å². The molecule has 0 radical (unpaired) electrons. The van der Waals surface area contributed by atoms with Crippen LogP contribution in [0.2, 0.25) is 0 Å². The van der Waals surface area contributed by atoms with E-state index in [1.807, 2.05) is 34.9 Å². The summed E-state index contributed by atoms with van der Waals surface area (Å²) < 4.78 is 16.2. The van der Waals surface area contributed by atoms with E-state index in [2.05, 4.69) is 34.3 Å². The number of fused-ring (bicyclic) bond motifs is 4. The summed E-state index contributed by atoms with van der Waals surface area (Å²) in [6.45, 7) is 7.93. The highest BCUT2D eigenvalue weighted by atomic mass is 19.1. The number of nitrogens with zero attached hydrogens (tertiary/aromatic N) is 3. The average Bonchev–Trinajstić information content (AvgIpc) is 3.03. The van der Waals surface area contributed by atoms with Gasteiger partial charge in [-0.15, -0.1) is 0 Å². The zero-order chi connectivity index (χ0) is 30.8. The van der Waals surface area contributed by atoms with Gasteiger partial charge in [0.2, 0.25) is 0 Å². The maximum absolute atomic E-state index is 14.3. The van der Waals surface area contributed by atoms with Crippen molar-refractivity contribution in [1.82, 2.24) is 4.57 Å². The number of nitrogens with one attached hydrogen (secondary N) is 2. The fourth-order valence-corrected chi connectivity index (χ4v) is 6.51. The molecule has 2 bridgehead atoms. The number of benzene rings is 3. The molecule has 2 amide bonds. The molecule has 2 aliphatic rings. The quantitative estimate of drug-likeness (QED) is 0.263. The molecule has 0 aliphatic carbocycles. The second kappa shape index (κ2) is 12.4. The molecule has 1 saturated heterocycles. The van der Waals surface area contributed by atoms with E-state index in [0.717, 1.165) is 36.6 Å². The number of carbonyl (C=O) groups is 2. The van der Waals surface area contributed by atoms with Gasteiger partial charge in [-0.2, -0.15) is 0 Å². The van der Waals surface area contributed by atoms with Crippen LogP contribution in [-0.2, 0) is 6.54 Å². The summed E-state index contributed by atoms with van der Waals surface area (Å²) in [7, 11) is 0. The third kappa shape index (κ3) is 5.82. The van der Waals surface area contributed by atoms with Crippen molar-refractivity contribution in [3.8, 4) is 0 Å². The Hall–Kier alpha value is -4.92. The molecule has 6 rings (SSSR count). The van der Waals surface area contributed by atoms with Gasteiger partial charge in [-0.1, -0.05) is 18.2 Å². The summed E-state index contributed by atoms with van der Waals surface area (Å²) in [6, 6.07) is 24.1. The van der Waals surface area contributed by atoms with Crippen LogP contribution in [0.1, 0.15) is 52.6 Å². The number of carbonyl (C=O) groups excluding carboxylic acids is 2. The SMILES string of the molecule is CCN(CC)c1ccc(C(=O)Nc2cc(C(=O)Nc3ccccc3F)ccc2N2CC3CC(C2)c2cccc(=O)n2C3)cc1. The minimum atomic E-state index is -0.529. The molecule has 44 heavy (non-hydrogen) atoms. The van der Waals surface area contributed by atoms with Crippen LogP contribution in [0, 0.1) is 11.7 Å². The van der Waals surface area contributed by atoms with E-state index >= 15 is 0 Å². The Kier molecular flexibility index (Phi) is 8.19. The number of hydrogen-bond acceptors (Lipinski definition) is 5. The van der Waals surface area contributed by atoms with Gasteiger partial charge in [0, 0.05) is 67.2 Å². The first-order valence-electron chi connectivity index (χ1n) is 15.2. The number of hydrogen-bond donors (Lipinski definition) is 2. The number of halogens is 1. The van der Waals surface area contributed by atoms with Crippen molar-refractivity contribution < 1.29 is 14.0 Å². The van der Waals surface area contributed by atoms with E-state index in [0.29, 0.717) is 36.4 Å². The summed E-state index contributed by atoms with van der Waals surface area (Å²) >= 11 is 0. The van der Waals surface area contributed by atoms with E-state index < -0.39 is 11.7 Å². The molecule has 2 N–H and O–H groups in total. The standard InChI is InChI=1S/C35H36FN5O3/c1-3-39(4-2)27-15-12-24(13-16-27)34(43)38-30-19-25(35(44)37-29-9-6-5-8-28(29)36)14-17-32(30)40-20-23-18-26(22-40)31-10-7-11-33(42)41(31)21-23/h5-17,19,23,26H,3-4,18,20-22H2,1-2H3,(H,37,44)(H,38,43). The first-order chi connectivity index (χ1) is 21.3. The van der Waals surface area contributed by atoms with Gasteiger partial charge in [-0.3, -0.25) is 14.4 Å². The molecule has 0 spiro atoms. The highest BCUT2D eigenvalue weighted by molar-refractivity contribution is 6.09. The van der Waals surface area contributed by atoms with Gasteiger partial charge in [-0.05, 0) is 86.8 Å². The number of para-hydroxylation sites is 1. The summed E-state index contributed by atoms with van der Waals surface area (Å²) in [5, 5.41) is 5.70. The molecule has 3 aromatic carbocycles. The number of rotatable bonds is 8. The largest absolute Gasteiger partial charge is 0.372 e. The fraction of sp³-hybridized carbons (Fsp3) is 0.286. The summed E-state index contributed by atoms with van der Waals surface area (Å²) in [5.74, 6) is -0.876. The number of pyridine rings is 1. The number of piperidine rings is 1. The van der Waals surface area contributed by atoms with Crippen LogP contribution >= 0.6 is 0 Å². The minimum absolute atomic E-state index is 0.0239. The Morgan fingerprint density at radius 2 is 1.52 bits per heavy atom. The molecule has 8 nitrogen and oxygen atoms in total. The second-order valence-electron chi connectivity index (χ2n) is 11.4. The van der Waals surface area contributed by atoms with Crippen LogP contribution in [-0.4, -0.2) is 42.6 Å². The zero-order valence-corrected chi connectivity index (χ0v) is 24.9. The Morgan fingerprint density at radius 1 is 0.818 bits per heavy atom. The second-order valence-corrected chi connectivity index (χ2v) is 11.4. The summed E-state index contributed by atoms with van der Waals surface area (Å²) in [4.78, 5) is 43.7. The zero-order valence-electron chi connectivity index (χ0n) is 24.9. The van der Waals surface area contributed by atoms with Gasteiger partial charge in [0.15, 0.2) is 0 Å². The van der Waals surface area contributed by atoms with Crippen molar-refractivity contribution in [2.75, 3.05) is 46.6 Å². The van der Waals surface area contributed by atoms with Crippen LogP contribution in [0.25, 0.3) is 0 Å². The normalized spacial score (nSPS) is 17.0. The molecule has 3 heterocycles. The maximum Gasteiger partial charge on any atom is 0.255 e. The number of amides is 2. The predicted molar refractivity (Wildman–Crippen MR) is 173 cm³/mol. The van der Waals surface area contributed by atoms with E-state index in [1.54, 1.807) is 42.5 Å². The van der Waals surface area contributed by atoms with Crippen LogP contribution in [0.4, 0.5) is 27.1 Å². The summed E-state index contributed by atoms with van der Waals surface area (Å²) in [6.07, 6.45) is 0.990. The first-order valence-corrected chi connectivity index (χ1v) is 15.2. The molecule has 226 valence electrons. The topological polar surface area (TPSA) is 86.7 Å². The number of aromatic nitrogens is 1. The highest BCUT2D eigenvalue weighted by Gasteiger charge is 2.35. The van der Waals surface area contributed by atoms with Crippen LogP contribution in [0.15, 0.2) is 89.7 Å². The van der Waals surface area contributed by atoms with Gasteiger partial charge in [0.25, 0.3) is 17.4 Å². The Labute approximate surface area is 256 Å². The van der Waals surface area contributed by atoms with Crippen LogP contribution in [0.5, 0.6) is 0 Å². The lowest BCUT2D eigenvalue weighted by molar-refractivity contribution is 0.101. The van der Waals surface area contributed by atoms with Gasteiger partial charge in [0.05, 0.1) is 17.1 Å². The molecule has 2 atom stereocenters.